The summed E-state index contributed by atoms with van der Waals surface area (Å²) in [7, 11) is 3.56. The van der Waals surface area contributed by atoms with Gasteiger partial charge in [-0.2, -0.15) is 0 Å². The molecule has 0 saturated carbocycles. The van der Waals surface area contributed by atoms with Crippen molar-refractivity contribution in [1.82, 2.24) is 19.7 Å². The molecule has 0 N–H and O–H groups in total. The number of amides is 1. The molecular weight excluding hydrogens is 410 g/mol. The Morgan fingerprint density at radius 2 is 1.71 bits per heavy atom. The number of hydrogen-bond acceptors (Lipinski definition) is 6. The van der Waals surface area contributed by atoms with Crippen LogP contribution in [-0.2, 0) is 9.53 Å². The van der Waals surface area contributed by atoms with Gasteiger partial charge < -0.3 is 14.5 Å². The minimum atomic E-state index is -0.416. The molecule has 162 valence electrons. The van der Waals surface area contributed by atoms with Gasteiger partial charge in [-0.1, -0.05) is 60.3 Å². The molecule has 1 fully saturated rings. The normalized spacial score (nSPS) is 15.0. The number of ether oxygens (including phenoxy) is 1. The molecule has 1 aliphatic heterocycles. The number of rotatable bonds is 6. The number of morpholine rings is 1. The molecule has 2 aromatic carbocycles. The van der Waals surface area contributed by atoms with E-state index in [-0.39, 0.29) is 5.91 Å². The second-order valence-electron chi connectivity index (χ2n) is 7.65. The second-order valence-corrected chi connectivity index (χ2v) is 8.72. The Kier molecular flexibility index (Phi) is 6.58. The van der Waals surface area contributed by atoms with Crippen LogP contribution in [0.4, 0.5) is 5.95 Å². The summed E-state index contributed by atoms with van der Waals surface area (Å²) in [5, 5.41) is 9.36. The van der Waals surface area contributed by atoms with E-state index in [4.69, 9.17) is 4.74 Å². The molecule has 1 saturated heterocycles. The van der Waals surface area contributed by atoms with Crippen LogP contribution in [0.25, 0.3) is 5.69 Å². The lowest BCUT2D eigenvalue weighted by atomic mass is 10.1. The maximum atomic E-state index is 13.1. The van der Waals surface area contributed by atoms with Crippen LogP contribution < -0.4 is 4.90 Å². The molecule has 1 aromatic heterocycles. The summed E-state index contributed by atoms with van der Waals surface area (Å²) in [6, 6.07) is 18.0. The number of carbonyl (C=O) groups is 1. The number of hydrogen-bond donors (Lipinski definition) is 0. The summed E-state index contributed by atoms with van der Waals surface area (Å²) in [5.41, 5.74) is 3.08. The van der Waals surface area contributed by atoms with Gasteiger partial charge in [0.05, 0.1) is 18.9 Å². The molecule has 1 aliphatic rings. The molecule has 1 amide bonds. The molecule has 31 heavy (non-hydrogen) atoms. The molecule has 0 bridgehead atoms. The largest absolute Gasteiger partial charge is 0.378 e. The maximum Gasteiger partial charge on any atom is 0.240 e. The molecule has 2 heterocycles. The monoisotopic (exact) mass is 437 g/mol. The molecule has 4 rings (SSSR count). The minimum Gasteiger partial charge on any atom is -0.378 e. The summed E-state index contributed by atoms with van der Waals surface area (Å²) >= 11 is 1.43. The highest BCUT2D eigenvalue weighted by molar-refractivity contribution is 8.00. The first kappa shape index (κ1) is 21.4. The van der Waals surface area contributed by atoms with E-state index in [1.807, 2.05) is 42.5 Å². The highest BCUT2D eigenvalue weighted by Crippen LogP contribution is 2.38. The van der Waals surface area contributed by atoms with Crippen molar-refractivity contribution in [1.29, 1.82) is 0 Å². The Morgan fingerprint density at radius 3 is 2.39 bits per heavy atom. The third kappa shape index (κ3) is 4.60. The maximum absolute atomic E-state index is 13.1. The first-order valence-corrected chi connectivity index (χ1v) is 11.2. The number of carbonyl (C=O) groups excluding carboxylic acids is 1. The van der Waals surface area contributed by atoms with Crippen LogP contribution >= 0.6 is 11.8 Å². The zero-order valence-corrected chi connectivity index (χ0v) is 18.9. The van der Waals surface area contributed by atoms with Crippen LogP contribution in [0.3, 0.4) is 0 Å². The molecule has 7 nitrogen and oxygen atoms in total. The number of nitrogens with zero attached hydrogens (tertiary/aromatic N) is 5. The van der Waals surface area contributed by atoms with Gasteiger partial charge in [0.1, 0.15) is 5.25 Å². The van der Waals surface area contributed by atoms with Crippen molar-refractivity contribution in [2.75, 3.05) is 45.3 Å². The van der Waals surface area contributed by atoms with Crippen LogP contribution in [0.1, 0.15) is 16.4 Å². The number of likely N-dealkylation sites (N-methyl/N-ethyl adjacent to an activating group) is 1. The predicted octanol–water partition coefficient (Wildman–Crippen LogP) is 3.33. The van der Waals surface area contributed by atoms with Gasteiger partial charge in [0.15, 0.2) is 5.16 Å². The third-order valence-corrected chi connectivity index (χ3v) is 6.44. The SMILES string of the molecule is Cc1ccccc1-n1c(SC(C(=O)N(C)C)c2ccccc2)nnc1N1CCOCC1. The summed E-state index contributed by atoms with van der Waals surface area (Å²) in [4.78, 5) is 16.9. The first-order chi connectivity index (χ1) is 15.1. The van der Waals surface area contributed by atoms with Gasteiger partial charge >= 0.3 is 0 Å². The Bertz CT molecular complexity index is 1030. The number of anilines is 1. The lowest BCUT2D eigenvalue weighted by molar-refractivity contribution is -0.128. The molecule has 1 unspecified atom stereocenters. The van der Waals surface area contributed by atoms with Gasteiger partial charge in [0.25, 0.3) is 0 Å². The van der Waals surface area contributed by atoms with E-state index in [9.17, 15) is 4.79 Å². The van der Waals surface area contributed by atoms with Gasteiger partial charge in [-0.25, -0.2) is 0 Å². The highest BCUT2D eigenvalue weighted by atomic mass is 32.2. The van der Waals surface area contributed by atoms with Crippen molar-refractivity contribution in [2.24, 2.45) is 0 Å². The van der Waals surface area contributed by atoms with Crippen molar-refractivity contribution in [3.8, 4) is 5.69 Å². The quantitative estimate of drug-likeness (QED) is 0.551. The Balaban J connectivity index is 1.79. The van der Waals surface area contributed by atoms with Crippen LogP contribution in [0.2, 0.25) is 0 Å². The lowest BCUT2D eigenvalue weighted by Crippen LogP contribution is -2.38. The average Bonchev–Trinajstić information content (AvgIpc) is 3.22. The standard InChI is InChI=1S/C23H27N5O2S/c1-17-9-7-8-12-19(17)28-22(27-13-15-30-16-14-27)24-25-23(28)31-20(21(29)26(2)3)18-10-5-4-6-11-18/h4-12,20H,13-16H2,1-3H3. The van der Waals surface area contributed by atoms with E-state index in [1.54, 1.807) is 19.0 Å². The zero-order chi connectivity index (χ0) is 21.8. The van der Waals surface area contributed by atoms with Crippen LogP contribution in [-0.4, -0.2) is 66.0 Å². The van der Waals surface area contributed by atoms with Gasteiger partial charge in [0.2, 0.25) is 11.9 Å². The molecule has 8 heteroatoms. The minimum absolute atomic E-state index is 0.0171. The number of para-hydroxylation sites is 1. The third-order valence-electron chi connectivity index (χ3n) is 5.26. The molecule has 3 aromatic rings. The lowest BCUT2D eigenvalue weighted by Gasteiger charge is -2.28. The summed E-state index contributed by atoms with van der Waals surface area (Å²) < 4.78 is 7.60. The molecule has 0 aliphatic carbocycles. The molecular formula is C23H27N5O2S. The van der Waals surface area contributed by atoms with E-state index >= 15 is 0 Å². The van der Waals surface area contributed by atoms with Crippen molar-refractivity contribution < 1.29 is 9.53 Å². The number of aromatic nitrogens is 3. The molecule has 1 atom stereocenters. The number of aryl methyl sites for hydroxylation is 1. The summed E-state index contributed by atoms with van der Waals surface area (Å²) in [6.07, 6.45) is 0. The van der Waals surface area contributed by atoms with Crippen molar-refractivity contribution in [2.45, 2.75) is 17.3 Å². The van der Waals surface area contributed by atoms with Crippen molar-refractivity contribution in [3.63, 3.8) is 0 Å². The van der Waals surface area contributed by atoms with Crippen LogP contribution in [0.5, 0.6) is 0 Å². The number of benzene rings is 2. The van der Waals surface area contributed by atoms with Crippen molar-refractivity contribution in [3.05, 3.63) is 65.7 Å². The molecule has 0 spiro atoms. The van der Waals surface area contributed by atoms with E-state index in [0.29, 0.717) is 18.4 Å². The van der Waals surface area contributed by atoms with Crippen LogP contribution in [0, 0.1) is 6.92 Å². The smallest absolute Gasteiger partial charge is 0.240 e. The topological polar surface area (TPSA) is 63.5 Å². The van der Waals surface area contributed by atoms with Gasteiger partial charge in [0, 0.05) is 27.2 Å². The van der Waals surface area contributed by atoms with Gasteiger partial charge in [-0.05, 0) is 24.1 Å². The van der Waals surface area contributed by atoms with Gasteiger partial charge in [-0.15, -0.1) is 10.2 Å². The fourth-order valence-corrected chi connectivity index (χ4v) is 4.75. The first-order valence-electron chi connectivity index (χ1n) is 10.3. The van der Waals surface area contributed by atoms with Crippen molar-refractivity contribution >= 4 is 23.6 Å². The van der Waals surface area contributed by atoms with Crippen LogP contribution in [0.15, 0.2) is 59.8 Å². The Morgan fingerprint density at radius 1 is 1.03 bits per heavy atom. The fraction of sp³-hybridized carbons (Fsp3) is 0.348. The summed E-state index contributed by atoms with van der Waals surface area (Å²) in [6.45, 7) is 4.91. The van der Waals surface area contributed by atoms with Gasteiger partial charge in [-0.3, -0.25) is 9.36 Å². The molecule has 0 radical (unpaired) electrons. The fourth-order valence-electron chi connectivity index (χ4n) is 3.56. The van der Waals surface area contributed by atoms with E-state index in [2.05, 4.69) is 38.7 Å². The zero-order valence-electron chi connectivity index (χ0n) is 18.1. The Labute approximate surface area is 187 Å². The van der Waals surface area contributed by atoms with E-state index < -0.39 is 5.25 Å². The summed E-state index contributed by atoms with van der Waals surface area (Å²) in [5.74, 6) is 0.799. The predicted molar refractivity (Wildman–Crippen MR) is 123 cm³/mol. The Hall–Kier alpha value is -2.84. The van der Waals surface area contributed by atoms with E-state index in [1.165, 1.54) is 11.8 Å². The average molecular weight is 438 g/mol. The number of thioether (sulfide) groups is 1. The second kappa shape index (κ2) is 9.53. The highest BCUT2D eigenvalue weighted by Gasteiger charge is 2.29. The van der Waals surface area contributed by atoms with E-state index in [0.717, 1.165) is 35.9 Å².